The lowest BCUT2D eigenvalue weighted by molar-refractivity contribution is -0.116. The summed E-state index contributed by atoms with van der Waals surface area (Å²) in [5.74, 6) is -0.274. The summed E-state index contributed by atoms with van der Waals surface area (Å²) >= 11 is 6.11. The van der Waals surface area contributed by atoms with Gasteiger partial charge in [-0.3, -0.25) is 9.59 Å². The van der Waals surface area contributed by atoms with Crippen LogP contribution in [0.5, 0.6) is 11.5 Å². The maximum atomic E-state index is 12.6. The molecule has 2 aliphatic rings. The van der Waals surface area contributed by atoms with Gasteiger partial charge in [-0.25, -0.2) is 12.7 Å². The molecule has 0 unspecified atom stereocenters. The molecule has 10 heteroatoms. The van der Waals surface area contributed by atoms with Crippen LogP contribution < -0.4 is 19.1 Å². The van der Waals surface area contributed by atoms with Crippen molar-refractivity contribution < 1.29 is 27.5 Å². The van der Waals surface area contributed by atoms with E-state index in [1.54, 1.807) is 18.2 Å². The fraction of sp³-hybridized carbons (Fsp3) is 0.176. The standard InChI is InChI=1S/C17H13ClN2O6S/c18-13-3-2-11(20-16(21)5-6-27(20,23)24)8-12(13)17(22)19-10-1-4-14-15(7-10)26-9-25-14/h1-4,7-8H,5-6,9H2,(H,19,22). The fourth-order valence-corrected chi connectivity index (χ4v) is 4.51. The highest BCUT2D eigenvalue weighted by Gasteiger charge is 2.36. The first-order chi connectivity index (χ1) is 12.8. The van der Waals surface area contributed by atoms with Gasteiger partial charge in [0.05, 0.1) is 22.0 Å². The first-order valence-corrected chi connectivity index (χ1v) is 9.90. The van der Waals surface area contributed by atoms with Crippen molar-refractivity contribution in [1.82, 2.24) is 0 Å². The van der Waals surface area contributed by atoms with Crippen LogP contribution in [0.2, 0.25) is 5.02 Å². The number of nitrogens with one attached hydrogen (secondary N) is 1. The zero-order valence-corrected chi connectivity index (χ0v) is 15.3. The van der Waals surface area contributed by atoms with Gasteiger partial charge in [0, 0.05) is 18.2 Å². The van der Waals surface area contributed by atoms with E-state index in [2.05, 4.69) is 5.32 Å². The number of ether oxygens (including phenoxy) is 2. The molecule has 1 fully saturated rings. The Bertz CT molecular complexity index is 1070. The Morgan fingerprint density at radius 1 is 1.11 bits per heavy atom. The molecule has 0 saturated carbocycles. The number of fused-ring (bicyclic) bond motifs is 1. The summed E-state index contributed by atoms with van der Waals surface area (Å²) in [5, 5.41) is 2.79. The molecule has 4 rings (SSSR count). The van der Waals surface area contributed by atoms with Crippen molar-refractivity contribution >= 4 is 44.8 Å². The van der Waals surface area contributed by atoms with E-state index in [1.165, 1.54) is 18.2 Å². The molecule has 140 valence electrons. The van der Waals surface area contributed by atoms with Crippen molar-refractivity contribution in [3.8, 4) is 11.5 Å². The Hall–Kier alpha value is -2.78. The van der Waals surface area contributed by atoms with Crippen molar-refractivity contribution in [2.45, 2.75) is 6.42 Å². The number of anilines is 2. The van der Waals surface area contributed by atoms with Crippen molar-refractivity contribution in [1.29, 1.82) is 0 Å². The quantitative estimate of drug-likeness (QED) is 0.836. The minimum absolute atomic E-state index is 0.0433. The molecule has 8 nitrogen and oxygen atoms in total. The lowest BCUT2D eigenvalue weighted by Gasteiger charge is -2.16. The molecular formula is C17H13ClN2O6S. The number of carbonyl (C=O) groups excluding carboxylic acids is 2. The van der Waals surface area contributed by atoms with Gasteiger partial charge in [-0.1, -0.05) is 11.6 Å². The van der Waals surface area contributed by atoms with Crippen molar-refractivity contribution in [3.05, 3.63) is 47.0 Å². The average molecular weight is 409 g/mol. The van der Waals surface area contributed by atoms with Crippen LogP contribution >= 0.6 is 11.6 Å². The van der Waals surface area contributed by atoms with Gasteiger partial charge >= 0.3 is 0 Å². The van der Waals surface area contributed by atoms with E-state index < -0.39 is 21.8 Å². The number of halogens is 1. The van der Waals surface area contributed by atoms with Crippen LogP contribution in [-0.2, 0) is 14.8 Å². The molecule has 0 aliphatic carbocycles. The van der Waals surface area contributed by atoms with Gasteiger partial charge in [-0.05, 0) is 30.3 Å². The van der Waals surface area contributed by atoms with Crippen LogP contribution in [0.3, 0.4) is 0 Å². The second-order valence-electron chi connectivity index (χ2n) is 5.91. The zero-order valence-electron chi connectivity index (χ0n) is 13.8. The highest BCUT2D eigenvalue weighted by Crippen LogP contribution is 2.35. The molecule has 0 aromatic heterocycles. The van der Waals surface area contributed by atoms with Crippen molar-refractivity contribution in [2.24, 2.45) is 0 Å². The molecule has 0 bridgehead atoms. The second kappa shape index (κ2) is 6.43. The number of hydrogen-bond acceptors (Lipinski definition) is 6. The summed E-state index contributed by atoms with van der Waals surface area (Å²) in [4.78, 5) is 24.6. The smallest absolute Gasteiger partial charge is 0.257 e. The largest absolute Gasteiger partial charge is 0.454 e. The average Bonchev–Trinajstić information content (AvgIpc) is 3.19. The Kier molecular flexibility index (Phi) is 4.20. The number of benzene rings is 2. The van der Waals surface area contributed by atoms with Gasteiger partial charge in [0.15, 0.2) is 11.5 Å². The van der Waals surface area contributed by atoms with E-state index in [-0.39, 0.29) is 35.2 Å². The first-order valence-electron chi connectivity index (χ1n) is 7.91. The third kappa shape index (κ3) is 3.19. The molecule has 2 amide bonds. The Morgan fingerprint density at radius 2 is 1.89 bits per heavy atom. The highest BCUT2D eigenvalue weighted by atomic mass is 35.5. The Morgan fingerprint density at radius 3 is 2.63 bits per heavy atom. The summed E-state index contributed by atoms with van der Waals surface area (Å²) in [5.41, 5.74) is 0.579. The van der Waals surface area contributed by atoms with Crippen LogP contribution in [-0.4, -0.2) is 32.8 Å². The van der Waals surface area contributed by atoms with Gasteiger partial charge in [0.25, 0.3) is 5.91 Å². The van der Waals surface area contributed by atoms with Crippen LogP contribution in [0.25, 0.3) is 0 Å². The molecule has 0 spiro atoms. The summed E-state index contributed by atoms with van der Waals surface area (Å²) in [6.07, 6.45) is -0.0936. The lowest BCUT2D eigenvalue weighted by atomic mass is 10.1. The maximum absolute atomic E-state index is 12.6. The number of carbonyl (C=O) groups is 2. The third-order valence-corrected chi connectivity index (χ3v) is 6.16. The van der Waals surface area contributed by atoms with E-state index in [1.807, 2.05) is 0 Å². The van der Waals surface area contributed by atoms with Crippen molar-refractivity contribution in [3.63, 3.8) is 0 Å². The summed E-state index contributed by atoms with van der Waals surface area (Å²) in [7, 11) is -3.73. The molecule has 2 aromatic carbocycles. The molecule has 0 radical (unpaired) electrons. The molecule has 27 heavy (non-hydrogen) atoms. The van der Waals surface area contributed by atoms with Gasteiger partial charge in [0.1, 0.15) is 0 Å². The maximum Gasteiger partial charge on any atom is 0.257 e. The van der Waals surface area contributed by atoms with Crippen LogP contribution in [0.1, 0.15) is 16.8 Å². The number of rotatable bonds is 3. The third-order valence-electron chi connectivity index (χ3n) is 4.14. The van der Waals surface area contributed by atoms with E-state index >= 15 is 0 Å². The van der Waals surface area contributed by atoms with Crippen molar-refractivity contribution in [2.75, 3.05) is 22.2 Å². The summed E-state index contributed by atoms with van der Waals surface area (Å²) < 4.78 is 35.4. The number of sulfonamides is 1. The predicted molar refractivity (Wildman–Crippen MR) is 97.9 cm³/mol. The molecule has 2 aliphatic heterocycles. The Labute approximate surface area is 159 Å². The summed E-state index contributed by atoms with van der Waals surface area (Å²) in [6.45, 7) is 0.110. The first kappa shape index (κ1) is 17.6. The van der Waals surface area contributed by atoms with Gasteiger partial charge in [-0.2, -0.15) is 0 Å². The topological polar surface area (TPSA) is 102 Å². The SMILES string of the molecule is O=C(Nc1ccc2c(c1)OCO2)c1cc(N2C(=O)CCS2(=O)=O)ccc1Cl. The van der Waals surface area contributed by atoms with E-state index in [4.69, 9.17) is 21.1 Å². The van der Waals surface area contributed by atoms with E-state index in [0.29, 0.717) is 21.5 Å². The molecule has 2 heterocycles. The predicted octanol–water partition coefficient (Wildman–Crippen LogP) is 2.39. The second-order valence-corrected chi connectivity index (χ2v) is 8.25. The normalized spacial score (nSPS) is 17.2. The highest BCUT2D eigenvalue weighted by molar-refractivity contribution is 7.94. The summed E-state index contributed by atoms with van der Waals surface area (Å²) in [6, 6.07) is 8.95. The van der Waals surface area contributed by atoms with E-state index in [9.17, 15) is 18.0 Å². The monoisotopic (exact) mass is 408 g/mol. The minimum atomic E-state index is -3.73. The van der Waals surface area contributed by atoms with Crippen LogP contribution in [0.4, 0.5) is 11.4 Å². The van der Waals surface area contributed by atoms with Crippen LogP contribution in [0, 0.1) is 0 Å². The number of nitrogens with zero attached hydrogens (tertiary/aromatic N) is 1. The molecular weight excluding hydrogens is 396 g/mol. The van der Waals surface area contributed by atoms with Gasteiger partial charge in [-0.15, -0.1) is 0 Å². The Balaban J connectivity index is 1.63. The minimum Gasteiger partial charge on any atom is -0.454 e. The van der Waals surface area contributed by atoms with Gasteiger partial charge in [0.2, 0.25) is 22.7 Å². The van der Waals surface area contributed by atoms with Crippen LogP contribution in [0.15, 0.2) is 36.4 Å². The lowest BCUT2D eigenvalue weighted by Crippen LogP contribution is -2.29. The number of hydrogen-bond donors (Lipinski definition) is 1. The number of amides is 2. The zero-order chi connectivity index (χ0) is 19.2. The fourth-order valence-electron chi connectivity index (χ4n) is 2.86. The molecule has 0 atom stereocenters. The van der Waals surface area contributed by atoms with Gasteiger partial charge < -0.3 is 14.8 Å². The molecule has 1 N–H and O–H groups in total. The van der Waals surface area contributed by atoms with E-state index in [0.717, 1.165) is 0 Å². The molecule has 2 aromatic rings. The molecule has 1 saturated heterocycles.